The summed E-state index contributed by atoms with van der Waals surface area (Å²) < 4.78 is 7.32. The lowest BCUT2D eigenvalue weighted by molar-refractivity contribution is -0.143. The maximum atomic E-state index is 12.4. The van der Waals surface area contributed by atoms with Gasteiger partial charge in [0.05, 0.1) is 6.61 Å². The fourth-order valence-electron chi connectivity index (χ4n) is 2.36. The Morgan fingerprint density at radius 1 is 1.43 bits per heavy atom. The molecule has 2 heterocycles. The summed E-state index contributed by atoms with van der Waals surface area (Å²) in [6, 6.07) is 10.1. The summed E-state index contributed by atoms with van der Waals surface area (Å²) in [5, 5.41) is 1.54. The number of thiophene rings is 1. The van der Waals surface area contributed by atoms with Crippen LogP contribution in [-0.4, -0.2) is 22.1 Å². The highest BCUT2D eigenvalue weighted by molar-refractivity contribution is 7.19. The van der Waals surface area contributed by atoms with Gasteiger partial charge in [-0.15, -0.1) is 11.3 Å². The number of benzene rings is 1. The van der Waals surface area contributed by atoms with Gasteiger partial charge in [0, 0.05) is 9.58 Å². The number of aromatic nitrogens is 2. The number of H-pyrrole nitrogens is 1. The lowest BCUT2D eigenvalue weighted by Gasteiger charge is -2.01. The molecule has 0 bridgehead atoms. The average Bonchev–Trinajstić information content (AvgIpc) is 3.03. The van der Waals surface area contributed by atoms with E-state index in [2.05, 4.69) is 11.6 Å². The lowest BCUT2D eigenvalue weighted by Crippen LogP contribution is -2.34. The summed E-state index contributed by atoms with van der Waals surface area (Å²) >= 11 is 1.60. The van der Waals surface area contributed by atoms with E-state index in [0.29, 0.717) is 10.8 Å². The van der Waals surface area contributed by atoms with Crippen molar-refractivity contribution < 1.29 is 9.53 Å². The molecule has 0 aliphatic heterocycles. The van der Waals surface area contributed by atoms with Gasteiger partial charge in [-0.2, -0.15) is 0 Å². The molecule has 0 saturated carbocycles. The first-order chi connectivity index (χ1) is 11.1. The van der Waals surface area contributed by atoms with Crippen molar-refractivity contribution in [3.63, 3.8) is 0 Å². The van der Waals surface area contributed by atoms with E-state index in [1.165, 1.54) is 4.57 Å². The second kappa shape index (κ2) is 6.26. The number of hydrogen-bond donors (Lipinski definition) is 1. The van der Waals surface area contributed by atoms with E-state index >= 15 is 0 Å². The number of nitrogens with zero attached hydrogens (tertiary/aromatic N) is 1. The molecule has 0 fully saturated rings. The number of hydrogen-bond acceptors (Lipinski definition) is 4. The lowest BCUT2D eigenvalue weighted by atomic mass is 10.2. The molecular formula is C17H16N2O3S. The molecule has 0 aliphatic carbocycles. The van der Waals surface area contributed by atoms with E-state index in [0.717, 1.165) is 15.0 Å². The zero-order valence-corrected chi connectivity index (χ0v) is 13.5. The number of rotatable bonds is 4. The number of aromatic amines is 1. The van der Waals surface area contributed by atoms with Gasteiger partial charge in [-0.25, -0.2) is 0 Å². The van der Waals surface area contributed by atoms with Crippen LogP contribution in [0.1, 0.15) is 11.8 Å². The summed E-state index contributed by atoms with van der Waals surface area (Å²) in [5.74, 6) is -0.452. The number of esters is 1. The van der Waals surface area contributed by atoms with E-state index in [1.807, 2.05) is 30.3 Å². The minimum Gasteiger partial charge on any atom is -0.465 e. The quantitative estimate of drug-likeness (QED) is 0.732. The van der Waals surface area contributed by atoms with E-state index in [4.69, 9.17) is 4.74 Å². The van der Waals surface area contributed by atoms with Crippen molar-refractivity contribution in [3.05, 3.63) is 56.4 Å². The first kappa shape index (κ1) is 15.3. The number of carbonyl (C=O) groups excluding carboxylic acids is 1. The number of carbonyl (C=O) groups is 1. The third kappa shape index (κ3) is 3.12. The van der Waals surface area contributed by atoms with Crippen molar-refractivity contribution in [3.8, 4) is 0 Å². The molecule has 0 atom stereocenters. The molecule has 0 amide bonds. The molecule has 5 nitrogen and oxygen atoms in total. The van der Waals surface area contributed by atoms with Gasteiger partial charge in [-0.05, 0) is 30.5 Å². The van der Waals surface area contributed by atoms with Gasteiger partial charge >= 0.3 is 5.97 Å². The molecule has 3 aromatic rings. The smallest absolute Gasteiger partial charge is 0.326 e. The molecule has 23 heavy (non-hydrogen) atoms. The molecule has 0 spiro atoms. The van der Waals surface area contributed by atoms with Gasteiger partial charge in [0.2, 0.25) is 0 Å². The molecular weight excluding hydrogens is 312 g/mol. The van der Waals surface area contributed by atoms with Crippen LogP contribution in [0.25, 0.3) is 22.7 Å². The van der Waals surface area contributed by atoms with Crippen LogP contribution >= 0.6 is 11.3 Å². The SMILES string of the molecule is C=c1[nH]/c(=C\c2cc3ccccc3s2)c(=O)n1CC(=O)OCC. The van der Waals surface area contributed by atoms with Crippen molar-refractivity contribution in [1.82, 2.24) is 9.55 Å². The summed E-state index contributed by atoms with van der Waals surface area (Å²) in [6.07, 6.45) is 1.78. The van der Waals surface area contributed by atoms with Crippen molar-refractivity contribution in [2.24, 2.45) is 0 Å². The average molecular weight is 328 g/mol. The molecule has 6 heteroatoms. The van der Waals surface area contributed by atoms with Crippen LogP contribution in [0.2, 0.25) is 0 Å². The van der Waals surface area contributed by atoms with E-state index < -0.39 is 5.97 Å². The highest BCUT2D eigenvalue weighted by Crippen LogP contribution is 2.25. The summed E-state index contributed by atoms with van der Waals surface area (Å²) in [5.41, 5.74) is 0.107. The second-order valence-corrected chi connectivity index (χ2v) is 6.13. The largest absolute Gasteiger partial charge is 0.465 e. The maximum absolute atomic E-state index is 12.4. The van der Waals surface area contributed by atoms with Crippen molar-refractivity contribution >= 4 is 40.0 Å². The molecule has 0 unspecified atom stereocenters. The molecule has 118 valence electrons. The van der Waals surface area contributed by atoms with Crippen LogP contribution in [0.5, 0.6) is 0 Å². The second-order valence-electron chi connectivity index (χ2n) is 5.01. The number of nitrogens with one attached hydrogen (secondary N) is 1. The summed E-state index contributed by atoms with van der Waals surface area (Å²) in [7, 11) is 0. The molecule has 0 saturated heterocycles. The van der Waals surface area contributed by atoms with Crippen molar-refractivity contribution in [1.29, 1.82) is 0 Å². The number of fused-ring (bicyclic) bond motifs is 1. The van der Waals surface area contributed by atoms with Gasteiger partial charge in [0.1, 0.15) is 17.4 Å². The van der Waals surface area contributed by atoms with Crippen LogP contribution in [0, 0.1) is 0 Å². The first-order valence-corrected chi connectivity index (χ1v) is 8.04. The molecule has 3 rings (SSSR count). The van der Waals surface area contributed by atoms with Gasteiger partial charge in [0.15, 0.2) is 0 Å². The van der Waals surface area contributed by atoms with Crippen LogP contribution < -0.4 is 16.4 Å². The fourth-order valence-corrected chi connectivity index (χ4v) is 3.37. The standard InChI is InChI=1S/C17H16N2O3S/c1-3-22-16(20)10-19-11(2)18-14(17(19)21)9-13-8-12-6-4-5-7-15(12)23-13/h4-9,18H,2-3,10H2,1H3/b14-9-. The van der Waals surface area contributed by atoms with Crippen LogP contribution in [-0.2, 0) is 16.1 Å². The predicted molar refractivity (Wildman–Crippen MR) is 91.8 cm³/mol. The van der Waals surface area contributed by atoms with Crippen molar-refractivity contribution in [2.45, 2.75) is 13.5 Å². The molecule has 0 aliphatic rings. The van der Waals surface area contributed by atoms with E-state index in [-0.39, 0.29) is 18.7 Å². The van der Waals surface area contributed by atoms with Crippen LogP contribution in [0.3, 0.4) is 0 Å². The highest BCUT2D eigenvalue weighted by Gasteiger charge is 2.09. The Kier molecular flexibility index (Phi) is 4.16. The third-order valence-corrected chi connectivity index (χ3v) is 4.47. The van der Waals surface area contributed by atoms with E-state index in [1.54, 1.807) is 24.3 Å². The highest BCUT2D eigenvalue weighted by atomic mass is 32.1. The van der Waals surface area contributed by atoms with Gasteiger partial charge in [-0.1, -0.05) is 24.8 Å². The number of imidazole rings is 1. The molecule has 1 N–H and O–H groups in total. The van der Waals surface area contributed by atoms with Crippen molar-refractivity contribution in [2.75, 3.05) is 6.61 Å². The van der Waals surface area contributed by atoms with Gasteiger partial charge in [0.25, 0.3) is 5.56 Å². The Bertz CT molecular complexity index is 993. The van der Waals surface area contributed by atoms with Crippen LogP contribution in [0.15, 0.2) is 35.1 Å². The Morgan fingerprint density at radius 3 is 2.96 bits per heavy atom. The Hall–Kier alpha value is -2.60. The number of ether oxygens (including phenoxy) is 1. The predicted octanol–water partition coefficient (Wildman–Crippen LogP) is 1.19. The fraction of sp³-hybridized carbons (Fsp3) is 0.176. The maximum Gasteiger partial charge on any atom is 0.326 e. The zero-order chi connectivity index (χ0) is 16.4. The monoisotopic (exact) mass is 328 g/mol. The normalized spacial score (nSPS) is 12.0. The third-order valence-electron chi connectivity index (χ3n) is 3.40. The zero-order valence-electron chi connectivity index (χ0n) is 12.7. The Balaban J connectivity index is 2.01. The summed E-state index contributed by atoms with van der Waals surface area (Å²) in [6.45, 7) is 5.65. The molecule has 1 aromatic carbocycles. The minimum atomic E-state index is -0.452. The topological polar surface area (TPSA) is 64.1 Å². The van der Waals surface area contributed by atoms with Gasteiger partial charge in [-0.3, -0.25) is 14.2 Å². The van der Waals surface area contributed by atoms with E-state index in [9.17, 15) is 9.59 Å². The molecule has 2 aromatic heterocycles. The van der Waals surface area contributed by atoms with Crippen LogP contribution in [0.4, 0.5) is 0 Å². The molecule has 0 radical (unpaired) electrons. The first-order valence-electron chi connectivity index (χ1n) is 7.22. The summed E-state index contributed by atoms with van der Waals surface area (Å²) in [4.78, 5) is 27.9. The Morgan fingerprint density at radius 2 is 2.22 bits per heavy atom. The van der Waals surface area contributed by atoms with Gasteiger partial charge < -0.3 is 9.72 Å². The Labute approximate surface area is 136 Å². The minimum absolute atomic E-state index is 0.137.